The SMILES string of the molecule is CC(C)(C)C(=O)NCCCC(=O)N1CCCCC1CCO. The van der Waals surface area contributed by atoms with Crippen molar-refractivity contribution in [2.75, 3.05) is 19.7 Å². The lowest BCUT2D eigenvalue weighted by Gasteiger charge is -2.35. The summed E-state index contributed by atoms with van der Waals surface area (Å²) < 4.78 is 0. The maximum Gasteiger partial charge on any atom is 0.225 e. The van der Waals surface area contributed by atoms with Crippen LogP contribution in [0.15, 0.2) is 0 Å². The average molecular weight is 298 g/mol. The summed E-state index contributed by atoms with van der Waals surface area (Å²) in [5, 5.41) is 12.0. The topological polar surface area (TPSA) is 69.6 Å². The second-order valence-corrected chi connectivity index (χ2v) is 6.86. The highest BCUT2D eigenvalue weighted by molar-refractivity contribution is 5.81. The van der Waals surface area contributed by atoms with E-state index in [0.717, 1.165) is 25.8 Å². The van der Waals surface area contributed by atoms with E-state index >= 15 is 0 Å². The number of likely N-dealkylation sites (tertiary alicyclic amines) is 1. The molecule has 0 aromatic heterocycles. The van der Waals surface area contributed by atoms with Gasteiger partial charge in [0.1, 0.15) is 0 Å². The van der Waals surface area contributed by atoms with E-state index in [2.05, 4.69) is 5.32 Å². The minimum atomic E-state index is -0.386. The van der Waals surface area contributed by atoms with Gasteiger partial charge < -0.3 is 15.3 Å². The van der Waals surface area contributed by atoms with Crippen LogP contribution in [0.1, 0.15) is 59.3 Å². The van der Waals surface area contributed by atoms with E-state index in [1.165, 1.54) is 0 Å². The summed E-state index contributed by atoms with van der Waals surface area (Å²) in [7, 11) is 0. The third-order valence-corrected chi connectivity index (χ3v) is 3.94. The molecule has 0 spiro atoms. The Hall–Kier alpha value is -1.10. The summed E-state index contributed by atoms with van der Waals surface area (Å²) in [5.74, 6) is 0.171. The first-order valence-electron chi connectivity index (χ1n) is 8.05. The summed E-state index contributed by atoms with van der Waals surface area (Å²) in [6, 6.07) is 0.195. The number of hydrogen-bond acceptors (Lipinski definition) is 3. The Labute approximate surface area is 128 Å². The Bertz CT molecular complexity index is 348. The van der Waals surface area contributed by atoms with E-state index in [0.29, 0.717) is 25.8 Å². The average Bonchev–Trinajstić information content (AvgIpc) is 2.43. The molecular weight excluding hydrogens is 268 g/mol. The van der Waals surface area contributed by atoms with Gasteiger partial charge in [0.2, 0.25) is 11.8 Å². The van der Waals surface area contributed by atoms with E-state index in [1.807, 2.05) is 25.7 Å². The minimum Gasteiger partial charge on any atom is -0.396 e. The normalized spacial score (nSPS) is 19.4. The summed E-state index contributed by atoms with van der Waals surface area (Å²) in [6.07, 6.45) is 4.99. The Balaban J connectivity index is 2.31. The fourth-order valence-electron chi connectivity index (χ4n) is 2.63. The summed E-state index contributed by atoms with van der Waals surface area (Å²) in [4.78, 5) is 25.9. The van der Waals surface area contributed by atoms with Crippen molar-refractivity contribution in [1.29, 1.82) is 0 Å². The Morgan fingerprint density at radius 3 is 2.62 bits per heavy atom. The van der Waals surface area contributed by atoms with Gasteiger partial charge in [-0.3, -0.25) is 9.59 Å². The van der Waals surface area contributed by atoms with Gasteiger partial charge in [0.05, 0.1) is 0 Å². The van der Waals surface area contributed by atoms with Crippen LogP contribution in [0.3, 0.4) is 0 Å². The summed E-state index contributed by atoms with van der Waals surface area (Å²) in [6.45, 7) is 7.11. The molecule has 5 heteroatoms. The molecule has 21 heavy (non-hydrogen) atoms. The van der Waals surface area contributed by atoms with Crippen LogP contribution in [-0.4, -0.2) is 47.6 Å². The van der Waals surface area contributed by atoms with Gasteiger partial charge in [-0.2, -0.15) is 0 Å². The molecule has 1 fully saturated rings. The quantitative estimate of drug-likeness (QED) is 0.733. The summed E-state index contributed by atoms with van der Waals surface area (Å²) in [5.41, 5.74) is -0.386. The van der Waals surface area contributed by atoms with E-state index in [1.54, 1.807) is 0 Å². The molecule has 2 N–H and O–H groups in total. The van der Waals surface area contributed by atoms with Crippen LogP contribution in [0.4, 0.5) is 0 Å². The molecule has 0 bridgehead atoms. The smallest absolute Gasteiger partial charge is 0.225 e. The van der Waals surface area contributed by atoms with Gasteiger partial charge in [0, 0.05) is 37.6 Å². The number of carbonyl (C=O) groups excluding carboxylic acids is 2. The van der Waals surface area contributed by atoms with Gasteiger partial charge in [-0.25, -0.2) is 0 Å². The lowest BCUT2D eigenvalue weighted by Crippen LogP contribution is -2.44. The fourth-order valence-corrected chi connectivity index (χ4v) is 2.63. The highest BCUT2D eigenvalue weighted by Crippen LogP contribution is 2.20. The van der Waals surface area contributed by atoms with Crippen LogP contribution in [0.2, 0.25) is 0 Å². The largest absolute Gasteiger partial charge is 0.396 e. The van der Waals surface area contributed by atoms with Crippen molar-refractivity contribution < 1.29 is 14.7 Å². The predicted octanol–water partition coefficient (Wildman–Crippen LogP) is 1.69. The van der Waals surface area contributed by atoms with Gasteiger partial charge in [-0.15, -0.1) is 0 Å². The molecule has 2 amide bonds. The molecule has 1 aliphatic heterocycles. The Kier molecular flexibility index (Phi) is 7.15. The number of rotatable bonds is 6. The third-order valence-electron chi connectivity index (χ3n) is 3.94. The second kappa shape index (κ2) is 8.37. The van der Waals surface area contributed by atoms with Crippen molar-refractivity contribution >= 4 is 11.8 Å². The van der Waals surface area contributed by atoms with Crippen LogP contribution < -0.4 is 5.32 Å². The van der Waals surface area contributed by atoms with Crippen molar-refractivity contribution in [3.05, 3.63) is 0 Å². The van der Waals surface area contributed by atoms with Crippen LogP contribution in [0, 0.1) is 5.41 Å². The number of amides is 2. The third kappa shape index (κ3) is 6.04. The molecule has 1 unspecified atom stereocenters. The van der Waals surface area contributed by atoms with Crippen LogP contribution in [-0.2, 0) is 9.59 Å². The van der Waals surface area contributed by atoms with Crippen molar-refractivity contribution in [3.8, 4) is 0 Å². The van der Waals surface area contributed by atoms with Crippen molar-refractivity contribution in [3.63, 3.8) is 0 Å². The van der Waals surface area contributed by atoms with Gasteiger partial charge >= 0.3 is 0 Å². The molecule has 0 saturated carbocycles. The number of nitrogens with zero attached hydrogens (tertiary/aromatic N) is 1. The lowest BCUT2D eigenvalue weighted by molar-refractivity contribution is -0.135. The molecule has 122 valence electrons. The zero-order valence-electron chi connectivity index (χ0n) is 13.7. The molecule has 1 aliphatic rings. The highest BCUT2D eigenvalue weighted by Gasteiger charge is 2.26. The second-order valence-electron chi connectivity index (χ2n) is 6.86. The van der Waals surface area contributed by atoms with Crippen molar-refractivity contribution in [2.24, 2.45) is 5.41 Å². The number of piperidine rings is 1. The molecule has 1 heterocycles. The van der Waals surface area contributed by atoms with Crippen molar-refractivity contribution in [1.82, 2.24) is 10.2 Å². The highest BCUT2D eigenvalue weighted by atomic mass is 16.3. The van der Waals surface area contributed by atoms with Gasteiger partial charge in [-0.1, -0.05) is 20.8 Å². The number of carbonyl (C=O) groups is 2. The standard InChI is InChI=1S/C16H30N2O3/c1-16(2,3)15(21)17-10-6-8-14(20)18-11-5-4-7-13(18)9-12-19/h13,19H,4-12H2,1-3H3,(H,17,21). The number of aliphatic hydroxyl groups excluding tert-OH is 1. The van der Waals surface area contributed by atoms with Crippen LogP contribution in [0.5, 0.6) is 0 Å². The zero-order valence-corrected chi connectivity index (χ0v) is 13.7. The van der Waals surface area contributed by atoms with E-state index in [9.17, 15) is 9.59 Å². The monoisotopic (exact) mass is 298 g/mol. The molecule has 0 aromatic rings. The number of hydrogen-bond donors (Lipinski definition) is 2. The van der Waals surface area contributed by atoms with E-state index in [4.69, 9.17) is 5.11 Å². The molecular formula is C16H30N2O3. The molecule has 1 rings (SSSR count). The van der Waals surface area contributed by atoms with Gasteiger partial charge in [-0.05, 0) is 32.1 Å². The first kappa shape index (κ1) is 18.0. The maximum absolute atomic E-state index is 12.3. The van der Waals surface area contributed by atoms with E-state index in [-0.39, 0.29) is 29.9 Å². The number of nitrogens with one attached hydrogen (secondary N) is 1. The lowest BCUT2D eigenvalue weighted by atomic mass is 9.95. The summed E-state index contributed by atoms with van der Waals surface area (Å²) >= 11 is 0. The van der Waals surface area contributed by atoms with Crippen molar-refractivity contribution in [2.45, 2.75) is 65.3 Å². The first-order valence-corrected chi connectivity index (χ1v) is 8.05. The Morgan fingerprint density at radius 1 is 1.29 bits per heavy atom. The van der Waals surface area contributed by atoms with Crippen LogP contribution >= 0.6 is 0 Å². The van der Waals surface area contributed by atoms with Gasteiger partial charge in [0.25, 0.3) is 0 Å². The fraction of sp³-hybridized carbons (Fsp3) is 0.875. The predicted molar refractivity (Wildman–Crippen MR) is 82.8 cm³/mol. The molecule has 1 saturated heterocycles. The molecule has 0 aromatic carbocycles. The molecule has 1 atom stereocenters. The Morgan fingerprint density at radius 2 is 2.00 bits per heavy atom. The van der Waals surface area contributed by atoms with Gasteiger partial charge in [0.15, 0.2) is 0 Å². The molecule has 0 radical (unpaired) electrons. The molecule has 0 aliphatic carbocycles. The molecule has 5 nitrogen and oxygen atoms in total. The van der Waals surface area contributed by atoms with E-state index < -0.39 is 0 Å². The minimum absolute atomic E-state index is 0.0195. The van der Waals surface area contributed by atoms with Crippen LogP contribution in [0.25, 0.3) is 0 Å². The number of aliphatic hydroxyl groups is 1. The zero-order chi connectivity index (χ0) is 15.9. The maximum atomic E-state index is 12.3. The first-order chi connectivity index (χ1) is 9.86.